The van der Waals surface area contributed by atoms with Crippen LogP contribution < -0.4 is 0 Å². The van der Waals surface area contributed by atoms with Crippen molar-refractivity contribution in [2.24, 2.45) is 18.9 Å². The first-order chi connectivity index (χ1) is 10.8. The Morgan fingerprint density at radius 2 is 1.91 bits per heavy atom. The number of aryl methyl sites for hydroxylation is 1. The fraction of sp³-hybridized carbons (Fsp3) is 0.800. The molecule has 8 heteroatoms. The number of imidazole rings is 1. The monoisotopic (exact) mass is 342 g/mol. The topological polar surface area (TPSA) is 67.7 Å². The van der Waals surface area contributed by atoms with Crippen molar-refractivity contribution in [3.8, 4) is 0 Å². The third-order valence-electron chi connectivity index (χ3n) is 5.30. The lowest BCUT2D eigenvalue weighted by molar-refractivity contribution is -0.0209. The third kappa shape index (κ3) is 3.05. The molecule has 3 rings (SSSR count). The van der Waals surface area contributed by atoms with Gasteiger partial charge in [-0.1, -0.05) is 0 Å². The number of aromatic nitrogens is 2. The van der Waals surface area contributed by atoms with Crippen LogP contribution in [0.4, 0.5) is 0 Å². The molecule has 7 nitrogen and oxygen atoms in total. The predicted molar refractivity (Wildman–Crippen MR) is 86.5 cm³/mol. The van der Waals surface area contributed by atoms with E-state index >= 15 is 0 Å². The van der Waals surface area contributed by atoms with Gasteiger partial charge in [0.15, 0.2) is 5.03 Å². The molecule has 1 aromatic rings. The summed E-state index contributed by atoms with van der Waals surface area (Å²) in [4.78, 5) is 6.22. The van der Waals surface area contributed by atoms with Gasteiger partial charge in [0.1, 0.15) is 0 Å². The maximum absolute atomic E-state index is 12.8. The van der Waals surface area contributed by atoms with Gasteiger partial charge in [-0.3, -0.25) is 0 Å². The molecule has 2 aliphatic rings. The van der Waals surface area contributed by atoms with Crippen molar-refractivity contribution >= 4 is 10.0 Å². The van der Waals surface area contributed by atoms with Crippen LogP contribution in [0.5, 0.6) is 0 Å². The van der Waals surface area contributed by atoms with Crippen LogP contribution in [0.3, 0.4) is 0 Å². The zero-order valence-electron chi connectivity index (χ0n) is 14.2. The number of ether oxygens (including phenoxy) is 1. The van der Waals surface area contributed by atoms with Gasteiger partial charge in [0.2, 0.25) is 0 Å². The van der Waals surface area contributed by atoms with Gasteiger partial charge in [0.25, 0.3) is 10.0 Å². The van der Waals surface area contributed by atoms with Gasteiger partial charge in [-0.05, 0) is 38.8 Å². The van der Waals surface area contributed by atoms with Gasteiger partial charge in [0, 0.05) is 39.5 Å². The van der Waals surface area contributed by atoms with Crippen LogP contribution in [0.15, 0.2) is 17.6 Å². The summed E-state index contributed by atoms with van der Waals surface area (Å²) in [7, 11) is 4.16. The number of nitrogens with zero attached hydrogens (tertiary/aromatic N) is 4. The number of methoxy groups -OCH3 is 1. The van der Waals surface area contributed by atoms with Crippen LogP contribution in [0, 0.1) is 11.8 Å². The van der Waals surface area contributed by atoms with Crippen molar-refractivity contribution < 1.29 is 13.2 Å². The molecule has 1 saturated heterocycles. The molecule has 0 unspecified atom stereocenters. The maximum Gasteiger partial charge on any atom is 0.262 e. The van der Waals surface area contributed by atoms with Crippen LogP contribution in [0.25, 0.3) is 0 Å². The second-order valence-electron chi connectivity index (χ2n) is 7.00. The number of rotatable bonds is 4. The van der Waals surface area contributed by atoms with Crippen molar-refractivity contribution in [3.05, 3.63) is 12.5 Å². The fourth-order valence-electron chi connectivity index (χ4n) is 3.99. The Bertz CT molecular complexity index is 657. The first-order valence-electron chi connectivity index (χ1n) is 8.00. The first-order valence-corrected chi connectivity index (χ1v) is 9.44. The minimum Gasteiger partial charge on any atom is -0.380 e. The van der Waals surface area contributed by atoms with E-state index in [1.54, 1.807) is 29.2 Å². The molecular formula is C15H26N4O3S. The summed E-state index contributed by atoms with van der Waals surface area (Å²) in [5, 5.41) is 0.145. The van der Waals surface area contributed by atoms with Crippen molar-refractivity contribution in [2.75, 3.05) is 34.3 Å². The molecule has 0 radical (unpaired) electrons. The van der Waals surface area contributed by atoms with Gasteiger partial charge in [-0.25, -0.2) is 13.4 Å². The highest BCUT2D eigenvalue weighted by Crippen LogP contribution is 2.40. The van der Waals surface area contributed by atoms with Gasteiger partial charge in [0.05, 0.1) is 12.4 Å². The molecule has 130 valence electrons. The molecule has 4 atom stereocenters. The predicted octanol–water partition coefficient (Wildman–Crippen LogP) is 0.396. The van der Waals surface area contributed by atoms with Gasteiger partial charge in [-0.15, -0.1) is 0 Å². The van der Waals surface area contributed by atoms with E-state index < -0.39 is 10.0 Å². The Labute approximate surface area is 138 Å². The van der Waals surface area contributed by atoms with E-state index in [2.05, 4.69) is 24.0 Å². The Hall–Kier alpha value is -0.960. The van der Waals surface area contributed by atoms with Crippen molar-refractivity contribution in [3.63, 3.8) is 0 Å². The summed E-state index contributed by atoms with van der Waals surface area (Å²) in [6, 6.07) is 0.346. The molecular weight excluding hydrogens is 316 g/mol. The highest BCUT2D eigenvalue weighted by atomic mass is 32.2. The Balaban J connectivity index is 1.78. The van der Waals surface area contributed by atoms with Crippen LogP contribution in [-0.4, -0.2) is 73.6 Å². The summed E-state index contributed by atoms with van der Waals surface area (Å²) < 4.78 is 34.5. The number of sulfonamides is 1. The summed E-state index contributed by atoms with van der Waals surface area (Å²) in [5.41, 5.74) is 0. The molecule has 2 heterocycles. The molecule has 1 saturated carbocycles. The fourth-order valence-corrected chi connectivity index (χ4v) is 5.51. The lowest BCUT2D eigenvalue weighted by atomic mass is 9.77. The highest BCUT2D eigenvalue weighted by molar-refractivity contribution is 7.89. The van der Waals surface area contributed by atoms with E-state index in [1.165, 1.54) is 6.33 Å². The molecule has 1 aliphatic heterocycles. The molecule has 0 N–H and O–H groups in total. The van der Waals surface area contributed by atoms with Crippen molar-refractivity contribution in [1.29, 1.82) is 0 Å². The summed E-state index contributed by atoms with van der Waals surface area (Å²) in [5.74, 6) is 0.766. The van der Waals surface area contributed by atoms with Crippen LogP contribution in [0.1, 0.15) is 12.8 Å². The van der Waals surface area contributed by atoms with Gasteiger partial charge < -0.3 is 14.2 Å². The molecule has 0 bridgehead atoms. The normalized spacial score (nSPS) is 32.4. The SMILES string of the molecule is CO[C@@H]1C[C@H]2CN(S(=O)(=O)c3cn(C)cn3)C[C@H]2C[C@H]1N(C)C. The number of hydrogen-bond donors (Lipinski definition) is 0. The molecule has 0 aromatic carbocycles. The van der Waals surface area contributed by atoms with Gasteiger partial charge in [-0.2, -0.15) is 4.31 Å². The molecule has 0 amide bonds. The van der Waals surface area contributed by atoms with E-state index in [9.17, 15) is 8.42 Å². The zero-order valence-corrected chi connectivity index (χ0v) is 15.0. The summed E-state index contributed by atoms with van der Waals surface area (Å²) in [6.07, 6.45) is 5.16. The molecule has 1 aromatic heterocycles. The summed E-state index contributed by atoms with van der Waals surface area (Å²) in [6.45, 7) is 1.16. The Morgan fingerprint density at radius 3 is 2.43 bits per heavy atom. The smallest absolute Gasteiger partial charge is 0.262 e. The van der Waals surface area contributed by atoms with E-state index in [0.29, 0.717) is 31.0 Å². The van der Waals surface area contributed by atoms with Crippen LogP contribution in [-0.2, 0) is 21.8 Å². The largest absolute Gasteiger partial charge is 0.380 e. The first kappa shape index (κ1) is 16.9. The van der Waals surface area contributed by atoms with Crippen LogP contribution in [0.2, 0.25) is 0 Å². The molecule has 23 heavy (non-hydrogen) atoms. The Morgan fingerprint density at radius 1 is 1.26 bits per heavy atom. The third-order valence-corrected chi connectivity index (χ3v) is 7.02. The van der Waals surface area contributed by atoms with E-state index in [4.69, 9.17) is 4.74 Å². The number of hydrogen-bond acceptors (Lipinski definition) is 5. The van der Waals surface area contributed by atoms with Crippen molar-refractivity contribution in [1.82, 2.24) is 18.8 Å². The lowest BCUT2D eigenvalue weighted by Crippen LogP contribution is -2.47. The van der Waals surface area contributed by atoms with E-state index in [0.717, 1.165) is 12.8 Å². The molecule has 2 fully saturated rings. The van der Waals surface area contributed by atoms with E-state index in [1.807, 2.05) is 0 Å². The minimum atomic E-state index is -3.49. The van der Waals surface area contributed by atoms with Gasteiger partial charge >= 0.3 is 0 Å². The molecule has 0 spiro atoms. The zero-order chi connectivity index (χ0) is 16.8. The second kappa shape index (κ2) is 6.16. The standard InChI is InChI=1S/C15H26N4O3S/c1-17(2)13-5-11-7-19(8-12(11)6-14(13)22-4)23(20,21)15-9-18(3)10-16-15/h9-14H,5-8H2,1-4H3/t11-,12+,13-,14-/m1/s1. The average molecular weight is 342 g/mol. The highest BCUT2D eigenvalue weighted by Gasteiger charge is 2.46. The number of fused-ring (bicyclic) bond motifs is 1. The van der Waals surface area contributed by atoms with E-state index in [-0.39, 0.29) is 11.1 Å². The maximum atomic E-state index is 12.8. The summed E-state index contributed by atoms with van der Waals surface area (Å²) >= 11 is 0. The average Bonchev–Trinajstić information content (AvgIpc) is 3.11. The number of likely N-dealkylation sites (N-methyl/N-ethyl adjacent to an activating group) is 1. The molecule has 1 aliphatic carbocycles. The lowest BCUT2D eigenvalue weighted by Gasteiger charge is -2.40. The van der Waals surface area contributed by atoms with Crippen LogP contribution >= 0.6 is 0 Å². The Kier molecular flexibility index (Phi) is 4.52. The second-order valence-corrected chi connectivity index (χ2v) is 8.88. The minimum absolute atomic E-state index is 0.145. The quantitative estimate of drug-likeness (QED) is 0.792. The van der Waals surface area contributed by atoms with Crippen molar-refractivity contribution in [2.45, 2.75) is 30.0 Å².